The van der Waals surface area contributed by atoms with Crippen LogP contribution in [0.4, 0.5) is 14.5 Å². The van der Waals surface area contributed by atoms with Gasteiger partial charge in [-0.15, -0.1) is 6.58 Å². The van der Waals surface area contributed by atoms with E-state index in [0.29, 0.717) is 11.1 Å². The van der Waals surface area contributed by atoms with Gasteiger partial charge in [-0.2, -0.15) is 0 Å². The topological polar surface area (TPSA) is 110 Å². The summed E-state index contributed by atoms with van der Waals surface area (Å²) in [6.07, 6.45) is 4.13. The van der Waals surface area contributed by atoms with Gasteiger partial charge in [0, 0.05) is 37.0 Å². The van der Waals surface area contributed by atoms with Crippen molar-refractivity contribution in [3.63, 3.8) is 0 Å². The number of carbonyl (C=O) groups is 2. The predicted molar refractivity (Wildman–Crippen MR) is 173 cm³/mol. The predicted octanol–water partition coefficient (Wildman–Crippen LogP) is 2.66. The molecule has 2 saturated heterocycles. The summed E-state index contributed by atoms with van der Waals surface area (Å²) in [6, 6.07) is 10.5. The molecule has 1 amide bonds. The maximum Gasteiger partial charge on any atom is 0.298 e. The number of rotatable bonds is 9. The van der Waals surface area contributed by atoms with E-state index < -0.39 is 42.2 Å². The third kappa shape index (κ3) is 5.67. The van der Waals surface area contributed by atoms with Gasteiger partial charge in [-0.3, -0.25) is 9.59 Å². The fraction of sp³-hybridized carbons (Fsp3) is 0.303. The van der Waals surface area contributed by atoms with Crippen molar-refractivity contribution in [1.82, 2.24) is 4.90 Å². The Kier molecular flexibility index (Phi) is 8.19. The van der Waals surface area contributed by atoms with E-state index in [9.17, 15) is 31.3 Å². The SMILES string of the molecule is C=C[Si]1(C)C2=CC(=[N+]3CC(F)C3)C=CC2=C(c2cc(OC=O)ccc2C(=O)N(C)CCS(=O)(=O)[O-])c2ccc(N3CC(F)C3)cc21. The maximum absolute atomic E-state index is 13.9. The number of hydrogen-bond donors (Lipinski definition) is 0. The Morgan fingerprint density at radius 2 is 1.89 bits per heavy atom. The first-order valence-electron chi connectivity index (χ1n) is 14.8. The molecular weight excluding hydrogens is 633 g/mol. The van der Waals surface area contributed by atoms with Crippen molar-refractivity contribution in [3.8, 4) is 5.75 Å². The molecular formula is C33H33F2N3O6SSi. The molecule has 0 spiro atoms. The Hall–Kier alpha value is -4.20. The summed E-state index contributed by atoms with van der Waals surface area (Å²) in [7, 11) is -5.86. The van der Waals surface area contributed by atoms with E-state index in [-0.39, 0.29) is 50.5 Å². The van der Waals surface area contributed by atoms with Crippen LogP contribution >= 0.6 is 0 Å². The molecule has 6 rings (SSSR count). The first-order valence-corrected chi connectivity index (χ1v) is 19.0. The fourth-order valence-electron chi connectivity index (χ4n) is 6.43. The molecule has 0 radical (unpaired) electrons. The van der Waals surface area contributed by atoms with Crippen molar-refractivity contribution in [2.45, 2.75) is 18.9 Å². The average Bonchev–Trinajstić information content (AvgIpc) is 3.00. The number of amides is 1. The highest BCUT2D eigenvalue weighted by Gasteiger charge is 2.44. The Morgan fingerprint density at radius 1 is 1.15 bits per heavy atom. The van der Waals surface area contributed by atoms with E-state index in [1.54, 1.807) is 6.07 Å². The van der Waals surface area contributed by atoms with Crippen LogP contribution in [0.25, 0.3) is 5.57 Å². The Bertz CT molecular complexity index is 1890. The van der Waals surface area contributed by atoms with Gasteiger partial charge >= 0.3 is 0 Å². The Labute approximate surface area is 267 Å². The van der Waals surface area contributed by atoms with Crippen molar-refractivity contribution >= 4 is 52.7 Å². The molecule has 46 heavy (non-hydrogen) atoms. The van der Waals surface area contributed by atoms with Crippen molar-refractivity contribution in [2.75, 3.05) is 50.4 Å². The molecule has 1 unspecified atom stereocenters. The summed E-state index contributed by atoms with van der Waals surface area (Å²) in [4.78, 5) is 28.3. The summed E-state index contributed by atoms with van der Waals surface area (Å²) in [5, 5.41) is 1.97. The van der Waals surface area contributed by atoms with Crippen molar-refractivity contribution < 1.29 is 40.7 Å². The third-order valence-electron chi connectivity index (χ3n) is 9.17. The van der Waals surface area contributed by atoms with Gasteiger partial charge in [0.1, 0.15) is 20.0 Å². The lowest BCUT2D eigenvalue weighted by molar-refractivity contribution is -0.599. The zero-order valence-electron chi connectivity index (χ0n) is 25.4. The van der Waals surface area contributed by atoms with Gasteiger partial charge in [0.15, 0.2) is 18.8 Å². The highest BCUT2D eigenvalue weighted by atomic mass is 32.2. The van der Waals surface area contributed by atoms with E-state index in [0.717, 1.165) is 32.9 Å². The van der Waals surface area contributed by atoms with Gasteiger partial charge < -0.3 is 19.1 Å². The third-order valence-corrected chi connectivity index (χ3v) is 13.7. The number of benzene rings is 2. The molecule has 3 heterocycles. The normalized spacial score (nSPS) is 22.3. The van der Waals surface area contributed by atoms with E-state index in [1.807, 2.05) is 39.5 Å². The average molecular weight is 666 g/mol. The molecule has 13 heteroatoms. The fourth-order valence-corrected chi connectivity index (χ4v) is 10.1. The van der Waals surface area contributed by atoms with E-state index in [2.05, 4.69) is 25.3 Å². The smallest absolute Gasteiger partial charge is 0.298 e. The Balaban J connectivity index is 1.59. The molecule has 240 valence electrons. The summed E-state index contributed by atoms with van der Waals surface area (Å²) in [6.45, 7) is 7.54. The molecule has 9 nitrogen and oxygen atoms in total. The molecule has 1 atom stereocenters. The second-order valence-electron chi connectivity index (χ2n) is 12.2. The van der Waals surface area contributed by atoms with Crippen LogP contribution in [0.15, 0.2) is 77.7 Å². The zero-order chi connectivity index (χ0) is 33.0. The van der Waals surface area contributed by atoms with Crippen LogP contribution < -0.4 is 14.8 Å². The summed E-state index contributed by atoms with van der Waals surface area (Å²) in [5.74, 6) is -1.09. The summed E-state index contributed by atoms with van der Waals surface area (Å²) < 4.78 is 68.9. The van der Waals surface area contributed by atoms with Crippen LogP contribution in [0.2, 0.25) is 6.55 Å². The number of halogens is 2. The number of ether oxygens (including phenoxy) is 1. The number of alkyl halides is 2. The number of fused-ring (bicyclic) bond motifs is 2. The second kappa shape index (κ2) is 11.9. The van der Waals surface area contributed by atoms with Crippen LogP contribution in [-0.2, 0) is 14.9 Å². The lowest BCUT2D eigenvalue weighted by Gasteiger charge is -2.41. The van der Waals surface area contributed by atoms with E-state index in [4.69, 9.17) is 4.74 Å². The number of carbonyl (C=O) groups excluding carboxylic acids is 2. The highest BCUT2D eigenvalue weighted by Crippen LogP contribution is 2.44. The molecule has 2 fully saturated rings. The quantitative estimate of drug-likeness (QED) is 0.175. The monoisotopic (exact) mass is 665 g/mol. The van der Waals surface area contributed by atoms with Gasteiger partial charge in [-0.1, -0.05) is 18.3 Å². The molecule has 0 N–H and O–H groups in total. The summed E-state index contributed by atoms with van der Waals surface area (Å²) >= 11 is 0. The van der Waals surface area contributed by atoms with E-state index in [1.165, 1.54) is 24.1 Å². The van der Waals surface area contributed by atoms with Gasteiger partial charge in [-0.05, 0) is 69.1 Å². The van der Waals surface area contributed by atoms with Crippen molar-refractivity contribution in [3.05, 3.63) is 94.4 Å². The van der Waals surface area contributed by atoms with Gasteiger partial charge in [-0.25, -0.2) is 21.8 Å². The van der Waals surface area contributed by atoms with E-state index >= 15 is 0 Å². The minimum absolute atomic E-state index is 0.189. The molecule has 1 aliphatic carbocycles. The number of nitrogens with zero attached hydrogens (tertiary/aromatic N) is 3. The minimum atomic E-state index is -4.57. The van der Waals surface area contributed by atoms with Crippen LogP contribution in [-0.4, -0.2) is 106 Å². The standard InChI is InChI=1S/C33H33F2N3O6SSi/c1-4-46(3)30-13-23(37-16-21(34)17-37)5-8-27(30)32(28-9-6-24(14-31(28)46)38-18-22(35)19-38)29-15-25(44-20-39)7-10-26(29)33(40)36(2)11-12-45(41,42)43/h4-10,13-15,20-22H,1,11-12,16-19H2,2-3H3. The minimum Gasteiger partial charge on any atom is -0.748 e. The highest BCUT2D eigenvalue weighted by molar-refractivity contribution is 7.85. The largest absolute Gasteiger partial charge is 0.748 e. The van der Waals surface area contributed by atoms with Crippen LogP contribution in [0, 0.1) is 0 Å². The number of hydrogen-bond acceptors (Lipinski definition) is 7. The first kappa shape index (κ1) is 31.8. The van der Waals surface area contributed by atoms with Gasteiger partial charge in [0.25, 0.3) is 12.4 Å². The first-order chi connectivity index (χ1) is 21.8. The maximum atomic E-state index is 13.9. The van der Waals surface area contributed by atoms with Crippen LogP contribution in [0.3, 0.4) is 0 Å². The van der Waals surface area contributed by atoms with Gasteiger partial charge in [0.2, 0.25) is 6.17 Å². The molecule has 2 aromatic carbocycles. The molecule has 0 bridgehead atoms. The zero-order valence-corrected chi connectivity index (χ0v) is 27.2. The lowest BCUT2D eigenvalue weighted by atomic mass is 9.86. The number of anilines is 1. The number of allylic oxidation sites excluding steroid dienone is 5. The molecule has 2 aromatic rings. The molecule has 0 aromatic heterocycles. The van der Waals surface area contributed by atoms with Gasteiger partial charge in [0.05, 0.1) is 29.0 Å². The van der Waals surface area contributed by atoms with Crippen LogP contribution in [0.5, 0.6) is 5.75 Å². The Morgan fingerprint density at radius 3 is 2.52 bits per heavy atom. The molecule has 3 aliphatic heterocycles. The second-order valence-corrected chi connectivity index (χ2v) is 17.6. The molecule has 4 aliphatic rings. The summed E-state index contributed by atoms with van der Waals surface area (Å²) in [5.41, 5.74) is 6.68. The van der Waals surface area contributed by atoms with Crippen LogP contribution in [0.1, 0.15) is 21.5 Å². The lowest BCUT2D eigenvalue weighted by Crippen LogP contribution is -2.53. The van der Waals surface area contributed by atoms with Crippen molar-refractivity contribution in [1.29, 1.82) is 0 Å². The van der Waals surface area contributed by atoms with Crippen molar-refractivity contribution in [2.24, 2.45) is 0 Å². The molecule has 0 saturated carbocycles.